The number of anilines is 1. The standard InChI is InChI=1S/C14H10ClF2NO2/c15-10-2-3-11(16)9(5-10)7-20-14(19)8-1-4-13(18)12(17)6-8/h1-6H,7,18H2. The van der Waals surface area contributed by atoms with Crippen LogP contribution in [0, 0.1) is 11.6 Å². The molecule has 2 rings (SSSR count). The van der Waals surface area contributed by atoms with Crippen LogP contribution in [0.25, 0.3) is 0 Å². The van der Waals surface area contributed by atoms with Crippen molar-refractivity contribution in [3.05, 3.63) is 64.2 Å². The van der Waals surface area contributed by atoms with Crippen molar-refractivity contribution in [1.29, 1.82) is 0 Å². The van der Waals surface area contributed by atoms with Gasteiger partial charge in [0.15, 0.2) is 0 Å². The van der Waals surface area contributed by atoms with Gasteiger partial charge in [-0.1, -0.05) is 11.6 Å². The maximum absolute atomic E-state index is 13.4. The number of carbonyl (C=O) groups is 1. The molecule has 3 nitrogen and oxygen atoms in total. The van der Waals surface area contributed by atoms with Crippen molar-refractivity contribution in [1.82, 2.24) is 0 Å². The molecule has 0 amide bonds. The Bertz CT molecular complexity index is 662. The number of hydrogen-bond donors (Lipinski definition) is 1. The minimum absolute atomic E-state index is 0.000800. The molecule has 0 atom stereocenters. The zero-order chi connectivity index (χ0) is 14.7. The third-order valence-corrected chi connectivity index (χ3v) is 2.84. The van der Waals surface area contributed by atoms with Gasteiger partial charge in [-0.25, -0.2) is 13.6 Å². The van der Waals surface area contributed by atoms with E-state index in [0.29, 0.717) is 5.02 Å². The second-order valence-electron chi connectivity index (χ2n) is 4.05. The van der Waals surface area contributed by atoms with E-state index in [4.69, 9.17) is 22.1 Å². The molecule has 0 aliphatic heterocycles. The number of esters is 1. The monoisotopic (exact) mass is 297 g/mol. The summed E-state index contributed by atoms with van der Waals surface area (Å²) in [6.45, 7) is -0.294. The van der Waals surface area contributed by atoms with E-state index in [1.807, 2.05) is 0 Å². The molecule has 0 aliphatic carbocycles. The average molecular weight is 298 g/mol. The van der Waals surface area contributed by atoms with Crippen LogP contribution >= 0.6 is 11.6 Å². The number of carbonyl (C=O) groups excluding carboxylic acids is 1. The van der Waals surface area contributed by atoms with Crippen molar-refractivity contribution in [2.45, 2.75) is 6.61 Å². The summed E-state index contributed by atoms with van der Waals surface area (Å²) >= 11 is 5.72. The fourth-order valence-electron chi connectivity index (χ4n) is 1.53. The third kappa shape index (κ3) is 3.24. The van der Waals surface area contributed by atoms with Crippen LogP contribution in [0.1, 0.15) is 15.9 Å². The van der Waals surface area contributed by atoms with Gasteiger partial charge in [-0.2, -0.15) is 0 Å². The molecular formula is C14H10ClF2NO2. The molecular weight excluding hydrogens is 288 g/mol. The first-order chi connectivity index (χ1) is 9.47. The van der Waals surface area contributed by atoms with E-state index in [1.54, 1.807) is 0 Å². The van der Waals surface area contributed by atoms with Gasteiger partial charge >= 0.3 is 5.97 Å². The first-order valence-electron chi connectivity index (χ1n) is 5.63. The van der Waals surface area contributed by atoms with E-state index in [1.165, 1.54) is 30.3 Å². The van der Waals surface area contributed by atoms with E-state index in [-0.39, 0.29) is 23.4 Å². The molecule has 2 aromatic rings. The van der Waals surface area contributed by atoms with Crippen LogP contribution in [-0.4, -0.2) is 5.97 Å². The van der Waals surface area contributed by atoms with Gasteiger partial charge in [0.2, 0.25) is 0 Å². The Kier molecular flexibility index (Phi) is 4.20. The predicted octanol–water partition coefficient (Wildman–Crippen LogP) is 3.56. The topological polar surface area (TPSA) is 52.3 Å². The third-order valence-electron chi connectivity index (χ3n) is 2.60. The number of hydrogen-bond acceptors (Lipinski definition) is 3. The maximum Gasteiger partial charge on any atom is 0.338 e. The maximum atomic E-state index is 13.4. The molecule has 0 fully saturated rings. The Morgan fingerprint density at radius 3 is 2.60 bits per heavy atom. The highest BCUT2D eigenvalue weighted by atomic mass is 35.5. The molecule has 0 bridgehead atoms. The number of halogens is 3. The molecule has 0 heterocycles. The van der Waals surface area contributed by atoms with E-state index in [0.717, 1.165) is 6.07 Å². The van der Waals surface area contributed by atoms with Crippen LogP contribution in [0.5, 0.6) is 0 Å². The lowest BCUT2D eigenvalue weighted by Gasteiger charge is -2.07. The second-order valence-corrected chi connectivity index (χ2v) is 4.48. The van der Waals surface area contributed by atoms with Crippen LogP contribution in [0.3, 0.4) is 0 Å². The molecule has 0 saturated carbocycles. The lowest BCUT2D eigenvalue weighted by atomic mass is 10.2. The smallest absolute Gasteiger partial charge is 0.338 e. The van der Waals surface area contributed by atoms with Crippen LogP contribution < -0.4 is 5.73 Å². The fourth-order valence-corrected chi connectivity index (χ4v) is 1.73. The van der Waals surface area contributed by atoms with Gasteiger partial charge in [-0.15, -0.1) is 0 Å². The van der Waals surface area contributed by atoms with Crippen molar-refractivity contribution in [2.24, 2.45) is 0 Å². The van der Waals surface area contributed by atoms with Crippen molar-refractivity contribution in [3.63, 3.8) is 0 Å². The highest BCUT2D eigenvalue weighted by molar-refractivity contribution is 6.30. The zero-order valence-corrected chi connectivity index (χ0v) is 11.0. The molecule has 0 aliphatic rings. The summed E-state index contributed by atoms with van der Waals surface area (Å²) in [6, 6.07) is 7.46. The first-order valence-corrected chi connectivity index (χ1v) is 6.01. The normalized spacial score (nSPS) is 10.3. The van der Waals surface area contributed by atoms with Gasteiger partial charge in [-0.3, -0.25) is 0 Å². The van der Waals surface area contributed by atoms with Crippen molar-refractivity contribution in [3.8, 4) is 0 Å². The number of benzene rings is 2. The molecule has 6 heteroatoms. The largest absolute Gasteiger partial charge is 0.457 e. The Labute approximate surface area is 118 Å². The zero-order valence-electron chi connectivity index (χ0n) is 10.2. The molecule has 2 N–H and O–H groups in total. The Hall–Kier alpha value is -2.14. The lowest BCUT2D eigenvalue weighted by Crippen LogP contribution is -2.07. The predicted molar refractivity (Wildman–Crippen MR) is 71.3 cm³/mol. The van der Waals surface area contributed by atoms with E-state index < -0.39 is 17.6 Å². The van der Waals surface area contributed by atoms with Crippen LogP contribution in [0.2, 0.25) is 5.02 Å². The Balaban J connectivity index is 2.08. The molecule has 0 saturated heterocycles. The molecule has 20 heavy (non-hydrogen) atoms. The van der Waals surface area contributed by atoms with E-state index >= 15 is 0 Å². The number of rotatable bonds is 3. The lowest BCUT2D eigenvalue weighted by molar-refractivity contribution is 0.0468. The average Bonchev–Trinajstić information content (AvgIpc) is 2.42. The number of nitrogen functional groups attached to an aromatic ring is 1. The summed E-state index contributed by atoms with van der Waals surface area (Å²) in [5, 5.41) is 0.330. The minimum Gasteiger partial charge on any atom is -0.457 e. The summed E-state index contributed by atoms with van der Waals surface area (Å²) in [6.07, 6.45) is 0. The Morgan fingerprint density at radius 1 is 1.15 bits per heavy atom. The Morgan fingerprint density at radius 2 is 1.90 bits per heavy atom. The summed E-state index contributed by atoms with van der Waals surface area (Å²) in [5.41, 5.74) is 5.37. The van der Waals surface area contributed by atoms with Crippen molar-refractivity contribution < 1.29 is 18.3 Å². The van der Waals surface area contributed by atoms with Crippen LogP contribution in [0.15, 0.2) is 36.4 Å². The van der Waals surface area contributed by atoms with Crippen LogP contribution in [-0.2, 0) is 11.3 Å². The molecule has 0 unspecified atom stereocenters. The number of nitrogens with two attached hydrogens (primary N) is 1. The van der Waals surface area contributed by atoms with Gasteiger partial charge in [-0.05, 0) is 36.4 Å². The molecule has 0 spiro atoms. The summed E-state index contributed by atoms with van der Waals surface area (Å²) < 4.78 is 31.5. The minimum atomic E-state index is -0.775. The molecule has 104 valence electrons. The van der Waals surface area contributed by atoms with Gasteiger partial charge in [0.05, 0.1) is 11.3 Å². The van der Waals surface area contributed by atoms with Gasteiger partial charge in [0.1, 0.15) is 18.2 Å². The summed E-state index contributed by atoms with van der Waals surface area (Å²) in [7, 11) is 0. The summed E-state index contributed by atoms with van der Waals surface area (Å²) in [4.78, 5) is 11.7. The molecule has 2 aromatic carbocycles. The quantitative estimate of drug-likeness (QED) is 0.696. The van der Waals surface area contributed by atoms with Gasteiger partial charge < -0.3 is 10.5 Å². The van der Waals surface area contributed by atoms with Gasteiger partial charge in [0, 0.05) is 10.6 Å². The van der Waals surface area contributed by atoms with Gasteiger partial charge in [0.25, 0.3) is 0 Å². The molecule has 0 radical (unpaired) electrons. The highest BCUT2D eigenvalue weighted by Gasteiger charge is 2.11. The van der Waals surface area contributed by atoms with E-state index in [9.17, 15) is 13.6 Å². The summed E-state index contributed by atoms with van der Waals surface area (Å²) in [5.74, 6) is -2.03. The van der Waals surface area contributed by atoms with Crippen molar-refractivity contribution in [2.75, 3.05) is 5.73 Å². The van der Waals surface area contributed by atoms with E-state index in [2.05, 4.69) is 0 Å². The highest BCUT2D eigenvalue weighted by Crippen LogP contribution is 2.17. The van der Waals surface area contributed by atoms with Crippen molar-refractivity contribution >= 4 is 23.3 Å². The second kappa shape index (κ2) is 5.88. The number of ether oxygens (including phenoxy) is 1. The molecule has 0 aromatic heterocycles. The first kappa shape index (κ1) is 14.3. The fraction of sp³-hybridized carbons (Fsp3) is 0.0714. The van der Waals surface area contributed by atoms with Crippen LogP contribution in [0.4, 0.5) is 14.5 Å². The SMILES string of the molecule is Nc1ccc(C(=O)OCc2cc(Cl)ccc2F)cc1F.